The summed E-state index contributed by atoms with van der Waals surface area (Å²) >= 11 is 0. The monoisotopic (exact) mass is 343 g/mol. The molecule has 1 aromatic carbocycles. The quantitative estimate of drug-likeness (QED) is 0.863. The van der Waals surface area contributed by atoms with Gasteiger partial charge in [0.05, 0.1) is 25.5 Å². The molecule has 4 atom stereocenters. The number of fused-ring (bicyclic) bond motifs is 1. The van der Waals surface area contributed by atoms with Gasteiger partial charge in [-0.3, -0.25) is 0 Å². The Bertz CT molecular complexity index is 735. The molecule has 2 aliphatic rings. The summed E-state index contributed by atoms with van der Waals surface area (Å²) in [4.78, 5) is 11.7. The van der Waals surface area contributed by atoms with Crippen molar-refractivity contribution in [2.45, 2.75) is 31.2 Å². The zero-order valence-corrected chi connectivity index (χ0v) is 14.0. The smallest absolute Gasteiger partial charge is 0.315 e. The molecule has 2 N–H and O–H groups in total. The molecule has 1 aromatic heterocycles. The number of hydrogen-bond donors (Lipinski definition) is 2. The average molecular weight is 343 g/mol. The molecule has 8 nitrogen and oxygen atoms in total. The maximum Gasteiger partial charge on any atom is 0.315 e. The molecular weight excluding hydrogens is 322 g/mol. The van der Waals surface area contributed by atoms with Crippen LogP contribution >= 0.6 is 0 Å². The molecule has 4 rings (SSSR count). The summed E-state index contributed by atoms with van der Waals surface area (Å²) in [5.74, 6) is 0. The van der Waals surface area contributed by atoms with Crippen molar-refractivity contribution >= 4 is 6.03 Å². The summed E-state index contributed by atoms with van der Waals surface area (Å²) in [7, 11) is 0. The number of aromatic nitrogens is 3. The molecular formula is C17H21N5O3. The third-order valence-electron chi connectivity index (χ3n) is 4.60. The third-order valence-corrected chi connectivity index (χ3v) is 4.60. The van der Waals surface area contributed by atoms with E-state index in [-0.39, 0.29) is 30.3 Å². The normalized spacial score (nSPS) is 27.9. The van der Waals surface area contributed by atoms with Crippen molar-refractivity contribution in [3.8, 4) is 11.3 Å². The molecule has 2 aliphatic heterocycles. The minimum absolute atomic E-state index is 0.0454. The lowest BCUT2D eigenvalue weighted by atomic mass is 10.1. The Labute approximate surface area is 145 Å². The summed E-state index contributed by atoms with van der Waals surface area (Å²) < 4.78 is 13.6. The fourth-order valence-corrected chi connectivity index (χ4v) is 3.39. The molecule has 132 valence electrons. The zero-order chi connectivity index (χ0) is 17.2. The van der Waals surface area contributed by atoms with E-state index in [4.69, 9.17) is 9.47 Å². The van der Waals surface area contributed by atoms with Crippen molar-refractivity contribution in [2.24, 2.45) is 0 Å². The maximum absolute atomic E-state index is 11.7. The van der Waals surface area contributed by atoms with Crippen molar-refractivity contribution in [3.05, 3.63) is 36.5 Å². The predicted octanol–water partition coefficient (Wildman–Crippen LogP) is 0.971. The number of amides is 2. The van der Waals surface area contributed by atoms with Crippen LogP contribution in [0.5, 0.6) is 0 Å². The van der Waals surface area contributed by atoms with Crippen molar-refractivity contribution < 1.29 is 14.3 Å². The fraction of sp³-hybridized carbons (Fsp3) is 0.471. The highest BCUT2D eigenvalue weighted by atomic mass is 16.6. The highest BCUT2D eigenvalue weighted by Gasteiger charge is 2.49. The Balaban J connectivity index is 1.45. The number of hydrogen-bond acceptors (Lipinski definition) is 5. The van der Waals surface area contributed by atoms with Gasteiger partial charge in [0.1, 0.15) is 23.9 Å². The van der Waals surface area contributed by atoms with E-state index in [9.17, 15) is 4.79 Å². The van der Waals surface area contributed by atoms with Crippen LogP contribution in [0.1, 0.15) is 13.0 Å². The molecule has 25 heavy (non-hydrogen) atoms. The van der Waals surface area contributed by atoms with E-state index in [0.29, 0.717) is 19.8 Å². The Morgan fingerprint density at radius 1 is 1.24 bits per heavy atom. The highest BCUT2D eigenvalue weighted by Crippen LogP contribution is 2.34. The number of carbonyl (C=O) groups excluding carboxylic acids is 1. The fourth-order valence-electron chi connectivity index (χ4n) is 3.39. The van der Waals surface area contributed by atoms with Crippen LogP contribution in [0.15, 0.2) is 36.5 Å². The first-order valence-corrected chi connectivity index (χ1v) is 8.51. The molecule has 4 unspecified atom stereocenters. The van der Waals surface area contributed by atoms with Crippen LogP contribution in [0.3, 0.4) is 0 Å². The Hall–Kier alpha value is -2.45. The first-order valence-electron chi connectivity index (χ1n) is 8.51. The highest BCUT2D eigenvalue weighted by molar-refractivity contribution is 5.74. The lowest BCUT2D eigenvalue weighted by Crippen LogP contribution is -2.48. The lowest BCUT2D eigenvalue weighted by Gasteiger charge is -2.17. The standard InChI is InChI=1S/C17H21N5O3/c1-2-18-17(23)19-13-9-24-16-14(10-25-15(13)16)22-8-12(20-21-22)11-6-4-3-5-7-11/h3-8,13-16H,2,9-10H2,1H3,(H2,18,19,23). The Morgan fingerprint density at radius 2 is 2.04 bits per heavy atom. The molecule has 0 aliphatic carbocycles. The Kier molecular flexibility index (Phi) is 4.37. The summed E-state index contributed by atoms with van der Waals surface area (Å²) in [6.45, 7) is 3.38. The van der Waals surface area contributed by atoms with Gasteiger partial charge in [0.2, 0.25) is 0 Å². The molecule has 0 spiro atoms. The van der Waals surface area contributed by atoms with Gasteiger partial charge in [-0.25, -0.2) is 9.48 Å². The van der Waals surface area contributed by atoms with E-state index in [2.05, 4.69) is 20.9 Å². The second-order valence-corrected chi connectivity index (χ2v) is 6.22. The third kappa shape index (κ3) is 3.10. The lowest BCUT2D eigenvalue weighted by molar-refractivity contribution is 0.0622. The molecule has 2 aromatic rings. The number of urea groups is 1. The molecule has 2 fully saturated rings. The van der Waals surface area contributed by atoms with Gasteiger partial charge in [-0.1, -0.05) is 35.5 Å². The molecule has 0 bridgehead atoms. The van der Waals surface area contributed by atoms with Crippen LogP contribution < -0.4 is 10.6 Å². The van der Waals surface area contributed by atoms with Gasteiger partial charge in [0, 0.05) is 12.1 Å². The molecule has 3 heterocycles. The number of benzene rings is 1. The van der Waals surface area contributed by atoms with Crippen LogP contribution in [0.4, 0.5) is 4.79 Å². The summed E-state index contributed by atoms with van der Waals surface area (Å²) in [5, 5.41) is 14.2. The van der Waals surface area contributed by atoms with E-state index in [0.717, 1.165) is 11.3 Å². The molecule has 2 amide bonds. The van der Waals surface area contributed by atoms with Crippen LogP contribution in [0.25, 0.3) is 11.3 Å². The summed E-state index contributed by atoms with van der Waals surface area (Å²) in [6.07, 6.45) is 1.61. The minimum atomic E-state index is -0.198. The van der Waals surface area contributed by atoms with E-state index in [1.807, 2.05) is 48.1 Å². The van der Waals surface area contributed by atoms with Gasteiger partial charge in [0.15, 0.2) is 0 Å². The van der Waals surface area contributed by atoms with E-state index in [1.165, 1.54) is 0 Å². The van der Waals surface area contributed by atoms with Gasteiger partial charge in [-0.2, -0.15) is 0 Å². The molecule has 0 saturated carbocycles. The average Bonchev–Trinajstić information content (AvgIpc) is 3.33. The molecule has 8 heteroatoms. The minimum Gasteiger partial charge on any atom is -0.371 e. The first-order chi connectivity index (χ1) is 12.3. The van der Waals surface area contributed by atoms with Crippen LogP contribution in [0.2, 0.25) is 0 Å². The van der Waals surface area contributed by atoms with Crippen LogP contribution in [-0.4, -0.2) is 59.0 Å². The van der Waals surface area contributed by atoms with Crippen molar-refractivity contribution in [3.63, 3.8) is 0 Å². The van der Waals surface area contributed by atoms with Gasteiger partial charge in [0.25, 0.3) is 0 Å². The SMILES string of the molecule is CCNC(=O)NC1COC2C1OCC2n1cc(-c2ccccc2)nn1. The van der Waals surface area contributed by atoms with E-state index < -0.39 is 0 Å². The number of nitrogens with one attached hydrogen (secondary N) is 2. The Morgan fingerprint density at radius 3 is 2.84 bits per heavy atom. The second kappa shape index (κ2) is 6.81. The first kappa shape index (κ1) is 16.0. The second-order valence-electron chi connectivity index (χ2n) is 6.22. The van der Waals surface area contributed by atoms with Crippen molar-refractivity contribution in [1.29, 1.82) is 0 Å². The molecule has 2 saturated heterocycles. The zero-order valence-electron chi connectivity index (χ0n) is 14.0. The number of ether oxygens (including phenoxy) is 2. The summed E-state index contributed by atoms with van der Waals surface area (Å²) in [6, 6.07) is 9.52. The van der Waals surface area contributed by atoms with Crippen LogP contribution in [0, 0.1) is 0 Å². The largest absolute Gasteiger partial charge is 0.371 e. The van der Waals surface area contributed by atoms with E-state index >= 15 is 0 Å². The predicted molar refractivity (Wildman–Crippen MR) is 90.0 cm³/mol. The maximum atomic E-state index is 11.7. The summed E-state index contributed by atoms with van der Waals surface area (Å²) in [5.41, 5.74) is 1.84. The number of rotatable bonds is 4. The van der Waals surface area contributed by atoms with Gasteiger partial charge in [-0.05, 0) is 6.92 Å². The van der Waals surface area contributed by atoms with Gasteiger partial charge < -0.3 is 20.1 Å². The van der Waals surface area contributed by atoms with Crippen molar-refractivity contribution in [2.75, 3.05) is 19.8 Å². The van der Waals surface area contributed by atoms with Crippen molar-refractivity contribution in [1.82, 2.24) is 25.6 Å². The number of carbonyl (C=O) groups is 1. The van der Waals surface area contributed by atoms with Crippen LogP contribution in [-0.2, 0) is 9.47 Å². The van der Waals surface area contributed by atoms with Gasteiger partial charge >= 0.3 is 6.03 Å². The number of nitrogens with zero attached hydrogens (tertiary/aromatic N) is 3. The molecule has 0 radical (unpaired) electrons. The van der Waals surface area contributed by atoms with E-state index in [1.54, 1.807) is 0 Å². The topological polar surface area (TPSA) is 90.3 Å². The van der Waals surface area contributed by atoms with Gasteiger partial charge in [-0.15, -0.1) is 5.10 Å².